The van der Waals surface area contributed by atoms with Gasteiger partial charge in [-0.1, -0.05) is 11.3 Å². The number of hydrogen-bond acceptors (Lipinski definition) is 6. The van der Waals surface area contributed by atoms with E-state index in [9.17, 15) is 4.79 Å². The van der Waals surface area contributed by atoms with Gasteiger partial charge in [-0.2, -0.15) is 0 Å². The average Bonchev–Trinajstić information content (AvgIpc) is 2.85. The third-order valence-corrected chi connectivity index (χ3v) is 4.10. The summed E-state index contributed by atoms with van der Waals surface area (Å²) in [5, 5.41) is 15.0. The third kappa shape index (κ3) is 4.14. The lowest BCUT2D eigenvalue weighted by atomic mass is 9.98. The highest BCUT2D eigenvalue weighted by molar-refractivity contribution is 7.17. The molecule has 106 valence electrons. The van der Waals surface area contributed by atoms with E-state index in [1.54, 1.807) is 0 Å². The monoisotopic (exact) mass is 283 g/mol. The van der Waals surface area contributed by atoms with Crippen LogP contribution in [0.2, 0.25) is 0 Å². The average molecular weight is 283 g/mol. The van der Waals surface area contributed by atoms with E-state index in [1.807, 2.05) is 6.92 Å². The number of piperidine rings is 1. The zero-order valence-corrected chi connectivity index (χ0v) is 12.3. The normalized spacial score (nSPS) is 20.2. The van der Waals surface area contributed by atoms with Gasteiger partial charge in [0, 0.05) is 19.6 Å². The van der Waals surface area contributed by atoms with Gasteiger partial charge in [-0.3, -0.25) is 4.79 Å². The van der Waals surface area contributed by atoms with E-state index < -0.39 is 0 Å². The number of likely N-dealkylation sites (tertiary alicyclic amines) is 1. The SMILES string of the molecule is CCNc1nnc(C(=O)NCC2CCCN(C)C2)s1. The minimum Gasteiger partial charge on any atom is -0.360 e. The Hall–Kier alpha value is -1.21. The lowest BCUT2D eigenvalue weighted by Gasteiger charge is -2.29. The molecule has 2 rings (SSSR count). The maximum Gasteiger partial charge on any atom is 0.282 e. The maximum atomic E-state index is 11.9. The van der Waals surface area contributed by atoms with Crippen LogP contribution in [0.25, 0.3) is 0 Å². The molecule has 1 aromatic heterocycles. The first kappa shape index (κ1) is 14.2. The lowest BCUT2D eigenvalue weighted by molar-refractivity contribution is 0.0935. The topological polar surface area (TPSA) is 70.1 Å². The van der Waals surface area contributed by atoms with Crippen molar-refractivity contribution in [3.8, 4) is 0 Å². The van der Waals surface area contributed by atoms with Gasteiger partial charge in [-0.15, -0.1) is 10.2 Å². The van der Waals surface area contributed by atoms with Crippen molar-refractivity contribution in [2.45, 2.75) is 19.8 Å². The summed E-state index contributed by atoms with van der Waals surface area (Å²) in [5.74, 6) is 0.429. The first-order valence-electron chi connectivity index (χ1n) is 6.73. The summed E-state index contributed by atoms with van der Waals surface area (Å²) < 4.78 is 0. The molecule has 1 fully saturated rings. The second kappa shape index (κ2) is 6.81. The van der Waals surface area contributed by atoms with Crippen LogP contribution in [0.15, 0.2) is 0 Å². The molecule has 0 bridgehead atoms. The fraction of sp³-hybridized carbons (Fsp3) is 0.750. The highest BCUT2D eigenvalue weighted by Gasteiger charge is 2.19. The zero-order valence-electron chi connectivity index (χ0n) is 11.5. The van der Waals surface area contributed by atoms with Gasteiger partial charge in [0.2, 0.25) is 10.1 Å². The molecule has 0 saturated carbocycles. The summed E-state index contributed by atoms with van der Waals surface area (Å²) >= 11 is 1.30. The number of carbonyl (C=O) groups excluding carboxylic acids is 1. The quantitative estimate of drug-likeness (QED) is 0.845. The van der Waals surface area contributed by atoms with Crippen molar-refractivity contribution in [1.82, 2.24) is 20.4 Å². The van der Waals surface area contributed by atoms with Crippen molar-refractivity contribution >= 4 is 22.4 Å². The maximum absolute atomic E-state index is 11.9. The Morgan fingerprint density at radius 2 is 2.37 bits per heavy atom. The van der Waals surface area contributed by atoms with Gasteiger partial charge in [0.15, 0.2) is 0 Å². The predicted molar refractivity (Wildman–Crippen MR) is 76.6 cm³/mol. The van der Waals surface area contributed by atoms with Crippen molar-refractivity contribution < 1.29 is 4.79 Å². The van der Waals surface area contributed by atoms with Gasteiger partial charge in [0.1, 0.15) is 0 Å². The number of nitrogens with one attached hydrogen (secondary N) is 2. The van der Waals surface area contributed by atoms with E-state index in [0.29, 0.717) is 16.1 Å². The number of nitrogens with zero attached hydrogens (tertiary/aromatic N) is 3. The van der Waals surface area contributed by atoms with Crippen LogP contribution < -0.4 is 10.6 Å². The predicted octanol–water partition coefficient (Wildman–Crippen LogP) is 1.04. The van der Waals surface area contributed by atoms with Crippen LogP contribution in [-0.2, 0) is 0 Å². The molecule has 1 amide bonds. The fourth-order valence-corrected chi connectivity index (χ4v) is 3.02. The van der Waals surface area contributed by atoms with Crippen LogP contribution >= 0.6 is 11.3 Å². The summed E-state index contributed by atoms with van der Waals surface area (Å²) in [4.78, 5) is 14.3. The molecule has 0 aliphatic carbocycles. The van der Waals surface area contributed by atoms with Crippen molar-refractivity contribution in [1.29, 1.82) is 0 Å². The van der Waals surface area contributed by atoms with Gasteiger partial charge >= 0.3 is 0 Å². The Balaban J connectivity index is 1.79. The third-order valence-electron chi connectivity index (χ3n) is 3.22. The molecule has 1 unspecified atom stereocenters. The molecule has 0 aromatic carbocycles. The van der Waals surface area contributed by atoms with E-state index in [4.69, 9.17) is 0 Å². The van der Waals surface area contributed by atoms with E-state index in [1.165, 1.54) is 24.2 Å². The number of carbonyl (C=O) groups is 1. The summed E-state index contributed by atoms with van der Waals surface area (Å²) in [6, 6.07) is 0. The lowest BCUT2D eigenvalue weighted by Crippen LogP contribution is -2.39. The first-order chi connectivity index (χ1) is 9.19. The van der Waals surface area contributed by atoms with Crippen LogP contribution in [-0.4, -0.2) is 54.2 Å². The number of hydrogen-bond donors (Lipinski definition) is 2. The molecule has 6 nitrogen and oxygen atoms in total. The Morgan fingerprint density at radius 3 is 3.11 bits per heavy atom. The Kier molecular flexibility index (Phi) is 5.09. The van der Waals surface area contributed by atoms with Gasteiger partial charge in [0.25, 0.3) is 5.91 Å². The number of aromatic nitrogens is 2. The number of amides is 1. The smallest absolute Gasteiger partial charge is 0.282 e. The van der Waals surface area contributed by atoms with Crippen LogP contribution in [0.1, 0.15) is 29.6 Å². The molecule has 0 spiro atoms. The van der Waals surface area contributed by atoms with E-state index >= 15 is 0 Å². The number of rotatable bonds is 5. The molecule has 2 heterocycles. The summed E-state index contributed by atoms with van der Waals surface area (Å²) in [7, 11) is 2.13. The van der Waals surface area contributed by atoms with Gasteiger partial charge in [0.05, 0.1) is 0 Å². The molecule has 19 heavy (non-hydrogen) atoms. The van der Waals surface area contributed by atoms with Gasteiger partial charge < -0.3 is 15.5 Å². The Morgan fingerprint density at radius 1 is 1.53 bits per heavy atom. The Bertz CT molecular complexity index is 422. The molecule has 1 aliphatic rings. The minimum atomic E-state index is -0.116. The standard InChI is InChI=1S/C12H21N5OS/c1-3-13-12-16-15-11(19-12)10(18)14-7-9-5-4-6-17(2)8-9/h9H,3-8H2,1-2H3,(H,13,16)(H,14,18). The molecular formula is C12H21N5OS. The van der Waals surface area contributed by atoms with Crippen molar-refractivity contribution in [2.75, 3.05) is 38.5 Å². The fourth-order valence-electron chi connectivity index (χ4n) is 2.29. The van der Waals surface area contributed by atoms with E-state index in [0.717, 1.165) is 26.2 Å². The van der Waals surface area contributed by atoms with Crippen LogP contribution in [0.5, 0.6) is 0 Å². The molecule has 1 aliphatic heterocycles. The van der Waals surface area contributed by atoms with Crippen LogP contribution in [0.4, 0.5) is 5.13 Å². The van der Waals surface area contributed by atoms with E-state index in [2.05, 4.69) is 32.8 Å². The largest absolute Gasteiger partial charge is 0.360 e. The molecular weight excluding hydrogens is 262 g/mol. The number of anilines is 1. The zero-order chi connectivity index (χ0) is 13.7. The second-order valence-corrected chi connectivity index (χ2v) is 5.90. The van der Waals surface area contributed by atoms with Crippen LogP contribution in [0.3, 0.4) is 0 Å². The minimum absolute atomic E-state index is 0.116. The second-order valence-electron chi connectivity index (χ2n) is 4.92. The molecule has 7 heteroatoms. The molecule has 1 atom stereocenters. The molecule has 1 aromatic rings. The highest BCUT2D eigenvalue weighted by Crippen LogP contribution is 2.16. The highest BCUT2D eigenvalue weighted by atomic mass is 32.1. The van der Waals surface area contributed by atoms with Crippen molar-refractivity contribution in [3.05, 3.63) is 5.01 Å². The Labute approximate surface area is 117 Å². The van der Waals surface area contributed by atoms with Gasteiger partial charge in [-0.05, 0) is 39.3 Å². The molecule has 1 saturated heterocycles. The van der Waals surface area contributed by atoms with Crippen molar-refractivity contribution in [3.63, 3.8) is 0 Å². The first-order valence-corrected chi connectivity index (χ1v) is 7.54. The van der Waals surface area contributed by atoms with Crippen molar-refractivity contribution in [2.24, 2.45) is 5.92 Å². The summed E-state index contributed by atoms with van der Waals surface area (Å²) in [5.41, 5.74) is 0. The van der Waals surface area contributed by atoms with E-state index in [-0.39, 0.29) is 5.91 Å². The summed E-state index contributed by atoms with van der Waals surface area (Å²) in [6.07, 6.45) is 2.39. The van der Waals surface area contributed by atoms with Crippen LogP contribution in [0, 0.1) is 5.92 Å². The molecule has 2 N–H and O–H groups in total. The molecule has 0 radical (unpaired) electrons. The van der Waals surface area contributed by atoms with Gasteiger partial charge in [-0.25, -0.2) is 0 Å². The summed E-state index contributed by atoms with van der Waals surface area (Å²) in [6.45, 7) is 5.70.